The highest BCUT2D eigenvalue weighted by Gasteiger charge is 2.22. The number of rotatable bonds is 9. The Hall–Kier alpha value is -1.60. The SMILES string of the molecule is CC[C@H](C)NC(=O)COc1ccc(S(=O)(=O)N(CC)CC)cc1C. The Morgan fingerprint density at radius 3 is 2.38 bits per heavy atom. The van der Waals surface area contributed by atoms with Crippen LogP contribution in [0.3, 0.4) is 0 Å². The highest BCUT2D eigenvalue weighted by molar-refractivity contribution is 7.89. The summed E-state index contributed by atoms with van der Waals surface area (Å²) in [7, 11) is -3.49. The minimum atomic E-state index is -3.49. The van der Waals surface area contributed by atoms with Crippen LogP contribution in [0.15, 0.2) is 23.1 Å². The zero-order chi connectivity index (χ0) is 18.3. The van der Waals surface area contributed by atoms with E-state index in [1.165, 1.54) is 10.4 Å². The van der Waals surface area contributed by atoms with Gasteiger partial charge in [0.05, 0.1) is 4.90 Å². The van der Waals surface area contributed by atoms with Gasteiger partial charge in [-0.2, -0.15) is 4.31 Å². The minimum Gasteiger partial charge on any atom is -0.484 e. The maximum atomic E-state index is 12.5. The van der Waals surface area contributed by atoms with Gasteiger partial charge in [0.25, 0.3) is 5.91 Å². The summed E-state index contributed by atoms with van der Waals surface area (Å²) in [5.74, 6) is 0.316. The first-order chi connectivity index (χ1) is 11.3. The van der Waals surface area contributed by atoms with Crippen molar-refractivity contribution in [3.8, 4) is 5.75 Å². The average molecular weight is 356 g/mol. The maximum absolute atomic E-state index is 12.5. The van der Waals surface area contributed by atoms with E-state index in [9.17, 15) is 13.2 Å². The molecule has 1 atom stereocenters. The fourth-order valence-electron chi connectivity index (χ4n) is 2.22. The van der Waals surface area contributed by atoms with E-state index in [0.717, 1.165) is 6.42 Å². The number of nitrogens with zero attached hydrogens (tertiary/aromatic N) is 1. The van der Waals surface area contributed by atoms with Crippen molar-refractivity contribution >= 4 is 15.9 Å². The second-order valence-electron chi connectivity index (χ2n) is 5.68. The Kier molecular flexibility index (Phi) is 7.69. The first kappa shape index (κ1) is 20.4. The number of nitrogens with one attached hydrogen (secondary N) is 1. The molecule has 7 heteroatoms. The molecule has 0 aliphatic rings. The molecular formula is C17H28N2O4S. The van der Waals surface area contributed by atoms with E-state index >= 15 is 0 Å². The molecule has 1 N–H and O–H groups in total. The normalized spacial score (nSPS) is 12.9. The summed E-state index contributed by atoms with van der Waals surface area (Å²) in [5.41, 5.74) is 0.680. The molecule has 0 aliphatic heterocycles. The van der Waals surface area contributed by atoms with Crippen molar-refractivity contribution < 1.29 is 17.9 Å². The van der Waals surface area contributed by atoms with Gasteiger partial charge in [-0.1, -0.05) is 20.8 Å². The van der Waals surface area contributed by atoms with Crippen LogP contribution in [0.1, 0.15) is 39.7 Å². The number of hydrogen-bond acceptors (Lipinski definition) is 4. The van der Waals surface area contributed by atoms with Crippen molar-refractivity contribution in [2.75, 3.05) is 19.7 Å². The van der Waals surface area contributed by atoms with Crippen LogP contribution in [0.25, 0.3) is 0 Å². The molecule has 24 heavy (non-hydrogen) atoms. The highest BCUT2D eigenvalue weighted by Crippen LogP contribution is 2.24. The van der Waals surface area contributed by atoms with Gasteiger partial charge in [-0.3, -0.25) is 4.79 Å². The Morgan fingerprint density at radius 1 is 1.25 bits per heavy atom. The van der Waals surface area contributed by atoms with Crippen molar-refractivity contribution in [1.82, 2.24) is 9.62 Å². The third kappa shape index (κ3) is 5.21. The van der Waals surface area contributed by atoms with Crippen molar-refractivity contribution in [3.63, 3.8) is 0 Å². The monoisotopic (exact) mass is 356 g/mol. The molecule has 0 heterocycles. The van der Waals surface area contributed by atoms with Crippen LogP contribution in [0.4, 0.5) is 0 Å². The van der Waals surface area contributed by atoms with Gasteiger partial charge in [0, 0.05) is 19.1 Å². The first-order valence-corrected chi connectivity index (χ1v) is 9.73. The van der Waals surface area contributed by atoms with E-state index < -0.39 is 10.0 Å². The fourth-order valence-corrected chi connectivity index (χ4v) is 3.76. The topological polar surface area (TPSA) is 75.7 Å². The molecule has 0 fully saturated rings. The van der Waals surface area contributed by atoms with Crippen molar-refractivity contribution in [2.45, 2.75) is 52.0 Å². The summed E-state index contributed by atoms with van der Waals surface area (Å²) in [6.07, 6.45) is 0.850. The van der Waals surface area contributed by atoms with E-state index in [2.05, 4.69) is 5.32 Å². The van der Waals surface area contributed by atoms with E-state index in [1.54, 1.807) is 32.9 Å². The van der Waals surface area contributed by atoms with Crippen LogP contribution in [0, 0.1) is 6.92 Å². The predicted octanol–water partition coefficient (Wildman–Crippen LogP) is 2.32. The van der Waals surface area contributed by atoms with E-state index in [0.29, 0.717) is 24.4 Å². The first-order valence-electron chi connectivity index (χ1n) is 8.29. The second-order valence-corrected chi connectivity index (χ2v) is 7.62. The third-order valence-electron chi connectivity index (χ3n) is 3.87. The molecule has 0 saturated heterocycles. The summed E-state index contributed by atoms with van der Waals surface area (Å²) >= 11 is 0. The molecule has 0 aliphatic carbocycles. The molecule has 136 valence electrons. The van der Waals surface area contributed by atoms with Gasteiger partial charge < -0.3 is 10.1 Å². The minimum absolute atomic E-state index is 0.0900. The number of amides is 1. The van der Waals surface area contributed by atoms with Crippen LogP contribution in [0.2, 0.25) is 0 Å². The van der Waals surface area contributed by atoms with Gasteiger partial charge in [-0.05, 0) is 44.0 Å². The van der Waals surface area contributed by atoms with Crippen LogP contribution in [-0.2, 0) is 14.8 Å². The van der Waals surface area contributed by atoms with Gasteiger partial charge in [0.1, 0.15) is 5.75 Å². The number of ether oxygens (including phenoxy) is 1. The van der Waals surface area contributed by atoms with E-state index in [4.69, 9.17) is 4.74 Å². The van der Waals surface area contributed by atoms with Gasteiger partial charge in [0.2, 0.25) is 10.0 Å². The molecule has 0 unspecified atom stereocenters. The lowest BCUT2D eigenvalue weighted by Crippen LogP contribution is -2.35. The van der Waals surface area contributed by atoms with Crippen molar-refractivity contribution in [2.24, 2.45) is 0 Å². The van der Waals surface area contributed by atoms with Crippen molar-refractivity contribution in [1.29, 1.82) is 0 Å². The second kappa shape index (κ2) is 9.03. The highest BCUT2D eigenvalue weighted by atomic mass is 32.2. The third-order valence-corrected chi connectivity index (χ3v) is 5.91. The average Bonchev–Trinajstić information content (AvgIpc) is 2.54. The number of hydrogen-bond donors (Lipinski definition) is 1. The Morgan fingerprint density at radius 2 is 1.88 bits per heavy atom. The molecule has 1 rings (SSSR count). The molecule has 0 radical (unpaired) electrons. The molecule has 1 aromatic carbocycles. The van der Waals surface area contributed by atoms with Gasteiger partial charge in [-0.25, -0.2) is 8.42 Å². The maximum Gasteiger partial charge on any atom is 0.258 e. The zero-order valence-electron chi connectivity index (χ0n) is 15.1. The zero-order valence-corrected chi connectivity index (χ0v) is 15.9. The molecule has 1 aromatic rings. The Balaban J connectivity index is 2.84. The summed E-state index contributed by atoms with van der Waals surface area (Å²) in [6.45, 7) is 10.1. The standard InChI is InChI=1S/C17H28N2O4S/c1-6-14(5)18-17(20)12-23-16-10-9-15(11-13(16)4)24(21,22)19(7-2)8-3/h9-11,14H,6-8,12H2,1-5H3,(H,18,20)/t14-/m0/s1. The fraction of sp³-hybridized carbons (Fsp3) is 0.588. The quantitative estimate of drug-likeness (QED) is 0.737. The lowest BCUT2D eigenvalue weighted by molar-refractivity contribution is -0.123. The Bertz CT molecular complexity index is 655. The van der Waals surface area contributed by atoms with Gasteiger partial charge in [0.15, 0.2) is 6.61 Å². The van der Waals surface area contributed by atoms with Crippen LogP contribution >= 0.6 is 0 Å². The van der Waals surface area contributed by atoms with Crippen molar-refractivity contribution in [3.05, 3.63) is 23.8 Å². The molecule has 6 nitrogen and oxygen atoms in total. The van der Waals surface area contributed by atoms with Crippen LogP contribution < -0.4 is 10.1 Å². The van der Waals surface area contributed by atoms with E-state index in [-0.39, 0.29) is 23.5 Å². The largest absolute Gasteiger partial charge is 0.484 e. The lowest BCUT2D eigenvalue weighted by atomic mass is 10.2. The molecular weight excluding hydrogens is 328 g/mol. The van der Waals surface area contributed by atoms with Gasteiger partial charge in [-0.15, -0.1) is 0 Å². The molecule has 0 saturated carbocycles. The predicted molar refractivity (Wildman–Crippen MR) is 94.7 cm³/mol. The number of carbonyl (C=O) groups excluding carboxylic acids is 1. The number of aryl methyl sites for hydroxylation is 1. The molecule has 0 aromatic heterocycles. The summed E-state index contributed by atoms with van der Waals surface area (Å²) in [4.78, 5) is 12.0. The smallest absolute Gasteiger partial charge is 0.258 e. The van der Waals surface area contributed by atoms with Crippen LogP contribution in [-0.4, -0.2) is 44.4 Å². The summed E-state index contributed by atoms with van der Waals surface area (Å²) in [6, 6.07) is 4.80. The number of sulfonamides is 1. The Labute approximate surface area is 145 Å². The summed E-state index contributed by atoms with van der Waals surface area (Å²) < 4.78 is 31.9. The van der Waals surface area contributed by atoms with Gasteiger partial charge >= 0.3 is 0 Å². The number of carbonyl (C=O) groups is 1. The lowest BCUT2D eigenvalue weighted by Gasteiger charge is -2.19. The summed E-state index contributed by atoms with van der Waals surface area (Å²) in [5, 5.41) is 2.82. The van der Waals surface area contributed by atoms with Crippen LogP contribution in [0.5, 0.6) is 5.75 Å². The molecule has 0 spiro atoms. The van der Waals surface area contributed by atoms with E-state index in [1.807, 2.05) is 13.8 Å². The molecule has 0 bridgehead atoms. The number of benzene rings is 1. The molecule has 1 amide bonds.